The number of hydrogen-bond donors (Lipinski definition) is 2. The van der Waals surface area contributed by atoms with E-state index in [0.29, 0.717) is 6.10 Å². The number of hydrogen-bond acceptors (Lipinski definition) is 3. The Labute approximate surface area is 110 Å². The normalized spacial score (nSPS) is 25.2. The van der Waals surface area contributed by atoms with Crippen LogP contribution < -0.4 is 11.5 Å². The lowest BCUT2D eigenvalue weighted by Gasteiger charge is -2.44. The van der Waals surface area contributed by atoms with E-state index >= 15 is 0 Å². The lowest BCUT2D eigenvalue weighted by molar-refractivity contribution is -0.0000374. The Kier molecular flexibility index (Phi) is 4.45. The van der Waals surface area contributed by atoms with Gasteiger partial charge in [-0.1, -0.05) is 12.8 Å². The molecule has 2 aliphatic rings. The number of rotatable bonds is 4. The van der Waals surface area contributed by atoms with Gasteiger partial charge >= 0.3 is 0 Å². The highest BCUT2D eigenvalue weighted by Gasteiger charge is 2.40. The van der Waals surface area contributed by atoms with E-state index in [2.05, 4.69) is 9.89 Å². The van der Waals surface area contributed by atoms with Gasteiger partial charge in [0.15, 0.2) is 5.96 Å². The second kappa shape index (κ2) is 5.89. The average Bonchev–Trinajstić information content (AvgIpc) is 2.86. The molecular weight excluding hydrogens is 228 g/mol. The molecule has 5 nitrogen and oxygen atoms in total. The Morgan fingerprint density at radius 2 is 1.89 bits per heavy atom. The summed E-state index contributed by atoms with van der Waals surface area (Å²) in [6.07, 6.45) is 7.72. The van der Waals surface area contributed by atoms with Crippen LogP contribution in [0, 0.1) is 0 Å². The van der Waals surface area contributed by atoms with Gasteiger partial charge < -0.3 is 16.2 Å². The predicted octanol–water partition coefficient (Wildman–Crippen LogP) is 0.683. The van der Waals surface area contributed by atoms with E-state index in [0.717, 1.165) is 32.5 Å². The summed E-state index contributed by atoms with van der Waals surface area (Å²) >= 11 is 0. The Morgan fingerprint density at radius 1 is 1.28 bits per heavy atom. The summed E-state index contributed by atoms with van der Waals surface area (Å²) in [5.41, 5.74) is 11.2. The Balaban J connectivity index is 1.99. The molecule has 1 saturated carbocycles. The Morgan fingerprint density at radius 3 is 2.39 bits per heavy atom. The van der Waals surface area contributed by atoms with E-state index in [9.17, 15) is 0 Å². The van der Waals surface area contributed by atoms with E-state index in [-0.39, 0.29) is 11.5 Å². The maximum absolute atomic E-state index is 5.49. The minimum Gasteiger partial charge on any atom is -0.381 e. The van der Waals surface area contributed by atoms with Gasteiger partial charge in [-0.25, -0.2) is 0 Å². The first kappa shape index (κ1) is 13.6. The number of ether oxygens (including phenoxy) is 1. The average molecular weight is 254 g/mol. The van der Waals surface area contributed by atoms with Gasteiger partial charge in [0.25, 0.3) is 0 Å². The third-order valence-electron chi connectivity index (χ3n) is 4.54. The molecule has 0 aromatic carbocycles. The van der Waals surface area contributed by atoms with E-state index < -0.39 is 0 Å². The molecular formula is C13H26N4O. The van der Waals surface area contributed by atoms with Crippen molar-refractivity contribution >= 4 is 5.96 Å². The summed E-state index contributed by atoms with van der Waals surface area (Å²) in [6.45, 7) is 2.98. The van der Waals surface area contributed by atoms with Crippen molar-refractivity contribution in [2.24, 2.45) is 16.5 Å². The molecule has 2 fully saturated rings. The summed E-state index contributed by atoms with van der Waals surface area (Å²) < 4.78 is 5.44. The molecule has 5 heteroatoms. The molecule has 1 heterocycles. The second-order valence-electron chi connectivity index (χ2n) is 5.59. The lowest BCUT2D eigenvalue weighted by Crippen LogP contribution is -2.53. The molecule has 104 valence electrons. The van der Waals surface area contributed by atoms with Crippen molar-refractivity contribution in [2.45, 2.75) is 50.2 Å². The van der Waals surface area contributed by atoms with Gasteiger partial charge in [0.2, 0.25) is 0 Å². The van der Waals surface area contributed by atoms with Crippen molar-refractivity contribution in [3.05, 3.63) is 0 Å². The minimum atomic E-state index is 0.211. The van der Waals surface area contributed by atoms with Crippen molar-refractivity contribution in [3.8, 4) is 0 Å². The van der Waals surface area contributed by atoms with Crippen molar-refractivity contribution in [3.63, 3.8) is 0 Å². The van der Waals surface area contributed by atoms with Gasteiger partial charge in [-0.15, -0.1) is 0 Å². The molecule has 0 spiro atoms. The first-order chi connectivity index (χ1) is 8.66. The molecule has 0 unspecified atom stereocenters. The molecule has 1 saturated heterocycles. The maximum atomic E-state index is 5.49. The monoisotopic (exact) mass is 254 g/mol. The van der Waals surface area contributed by atoms with Crippen LogP contribution in [0.15, 0.2) is 4.99 Å². The predicted molar refractivity (Wildman–Crippen MR) is 73.5 cm³/mol. The van der Waals surface area contributed by atoms with Crippen LogP contribution in [0.25, 0.3) is 0 Å². The molecule has 1 aliphatic heterocycles. The zero-order valence-electron chi connectivity index (χ0n) is 11.4. The number of guanidine groups is 1. The zero-order chi connectivity index (χ0) is 13.0. The van der Waals surface area contributed by atoms with Gasteiger partial charge in [0.1, 0.15) is 0 Å². The molecule has 1 aliphatic carbocycles. The highest BCUT2D eigenvalue weighted by molar-refractivity contribution is 5.75. The van der Waals surface area contributed by atoms with Crippen molar-refractivity contribution in [1.29, 1.82) is 0 Å². The number of aliphatic imine (C=N–C) groups is 1. The molecule has 0 atom stereocenters. The first-order valence-electron chi connectivity index (χ1n) is 6.99. The van der Waals surface area contributed by atoms with Gasteiger partial charge in [-0.3, -0.25) is 9.89 Å². The van der Waals surface area contributed by atoms with Crippen molar-refractivity contribution in [2.75, 3.05) is 26.7 Å². The quantitative estimate of drug-likeness (QED) is 0.571. The van der Waals surface area contributed by atoms with E-state index in [4.69, 9.17) is 16.2 Å². The smallest absolute Gasteiger partial charge is 0.185 e. The maximum Gasteiger partial charge on any atom is 0.185 e. The van der Waals surface area contributed by atoms with Gasteiger partial charge in [0.05, 0.1) is 12.6 Å². The molecule has 0 aromatic heterocycles. The Hall–Kier alpha value is -0.810. The van der Waals surface area contributed by atoms with Crippen LogP contribution in [0.4, 0.5) is 0 Å². The molecule has 18 heavy (non-hydrogen) atoms. The van der Waals surface area contributed by atoms with E-state index in [1.54, 1.807) is 0 Å². The number of methoxy groups -OCH3 is 1. The largest absolute Gasteiger partial charge is 0.381 e. The lowest BCUT2D eigenvalue weighted by atomic mass is 9.91. The second-order valence-corrected chi connectivity index (χ2v) is 5.59. The van der Waals surface area contributed by atoms with Crippen LogP contribution in [0.2, 0.25) is 0 Å². The molecule has 0 radical (unpaired) electrons. The summed E-state index contributed by atoms with van der Waals surface area (Å²) in [4.78, 5) is 6.89. The molecule has 0 bridgehead atoms. The van der Waals surface area contributed by atoms with Crippen LogP contribution in [-0.2, 0) is 4.74 Å². The van der Waals surface area contributed by atoms with Crippen molar-refractivity contribution < 1.29 is 4.74 Å². The molecule has 4 N–H and O–H groups in total. The number of piperidine rings is 1. The highest BCUT2D eigenvalue weighted by atomic mass is 16.5. The first-order valence-corrected chi connectivity index (χ1v) is 6.99. The minimum absolute atomic E-state index is 0.211. The fourth-order valence-electron chi connectivity index (χ4n) is 3.41. The fraction of sp³-hybridized carbons (Fsp3) is 0.923. The Bertz CT molecular complexity index is 287. The summed E-state index contributed by atoms with van der Waals surface area (Å²) in [5, 5.41) is 0. The summed E-state index contributed by atoms with van der Waals surface area (Å²) in [5.74, 6) is 0.216. The number of nitrogens with two attached hydrogens (primary N) is 2. The topological polar surface area (TPSA) is 76.9 Å². The highest BCUT2D eigenvalue weighted by Crippen LogP contribution is 2.37. The van der Waals surface area contributed by atoms with Gasteiger partial charge in [-0.2, -0.15) is 0 Å². The third kappa shape index (κ3) is 2.95. The SMILES string of the molecule is COC1CCN(C2(CN=C(N)N)CCCC2)CC1. The molecule has 0 aromatic rings. The molecule has 2 rings (SSSR count). The number of nitrogens with zero attached hydrogens (tertiary/aromatic N) is 2. The summed E-state index contributed by atoms with van der Waals surface area (Å²) in [6, 6.07) is 0. The van der Waals surface area contributed by atoms with Crippen LogP contribution in [0.1, 0.15) is 38.5 Å². The van der Waals surface area contributed by atoms with Gasteiger partial charge in [0, 0.05) is 25.7 Å². The fourth-order valence-corrected chi connectivity index (χ4v) is 3.41. The van der Waals surface area contributed by atoms with E-state index in [1.807, 2.05) is 7.11 Å². The zero-order valence-corrected chi connectivity index (χ0v) is 11.4. The van der Waals surface area contributed by atoms with Crippen molar-refractivity contribution in [1.82, 2.24) is 4.90 Å². The van der Waals surface area contributed by atoms with Crippen LogP contribution >= 0.6 is 0 Å². The van der Waals surface area contributed by atoms with Crippen LogP contribution in [0.3, 0.4) is 0 Å². The van der Waals surface area contributed by atoms with Gasteiger partial charge in [-0.05, 0) is 25.7 Å². The van der Waals surface area contributed by atoms with Crippen LogP contribution in [0.5, 0.6) is 0 Å². The molecule has 0 amide bonds. The van der Waals surface area contributed by atoms with Crippen LogP contribution in [-0.4, -0.2) is 49.2 Å². The number of likely N-dealkylation sites (tertiary alicyclic amines) is 1. The third-order valence-corrected chi connectivity index (χ3v) is 4.54. The van der Waals surface area contributed by atoms with E-state index in [1.165, 1.54) is 25.7 Å². The summed E-state index contributed by atoms with van der Waals surface area (Å²) in [7, 11) is 1.81. The standard InChI is InChI=1S/C13H26N4O/c1-18-11-4-8-17(9-5-11)13(6-2-3-7-13)10-16-12(14)15/h11H,2-10H2,1H3,(H4,14,15,16).